The van der Waals surface area contributed by atoms with Crippen molar-refractivity contribution >= 4 is 28.9 Å². The standard InChI is InChI=1S/C18H19N3O3/c1-19-16-10-4-13(12-17(16)21(23)24)5-11-18(22)14-6-8-15(9-7-14)20(2)3/h4-12,19H,1-3H3/b11-5+. The van der Waals surface area contributed by atoms with E-state index in [4.69, 9.17) is 0 Å². The summed E-state index contributed by atoms with van der Waals surface area (Å²) in [6, 6.07) is 12.0. The van der Waals surface area contributed by atoms with E-state index < -0.39 is 4.92 Å². The maximum atomic E-state index is 12.2. The van der Waals surface area contributed by atoms with Gasteiger partial charge in [-0.1, -0.05) is 12.1 Å². The van der Waals surface area contributed by atoms with Crippen LogP contribution in [-0.4, -0.2) is 31.8 Å². The Balaban J connectivity index is 2.19. The van der Waals surface area contributed by atoms with Gasteiger partial charge in [0.25, 0.3) is 5.69 Å². The van der Waals surface area contributed by atoms with E-state index in [1.165, 1.54) is 12.1 Å². The molecule has 0 spiro atoms. The number of nitro benzene ring substituents is 1. The molecule has 0 aliphatic carbocycles. The van der Waals surface area contributed by atoms with E-state index in [0.29, 0.717) is 16.8 Å². The van der Waals surface area contributed by atoms with Gasteiger partial charge >= 0.3 is 0 Å². The van der Waals surface area contributed by atoms with Crippen LogP contribution in [0.25, 0.3) is 6.08 Å². The lowest BCUT2D eigenvalue weighted by Crippen LogP contribution is -2.08. The molecule has 0 amide bonds. The molecule has 0 unspecified atom stereocenters. The van der Waals surface area contributed by atoms with Gasteiger partial charge in [0.1, 0.15) is 5.69 Å². The van der Waals surface area contributed by atoms with Crippen LogP contribution in [0.1, 0.15) is 15.9 Å². The number of nitrogens with one attached hydrogen (secondary N) is 1. The second-order valence-corrected chi connectivity index (χ2v) is 5.42. The third kappa shape index (κ3) is 3.98. The van der Waals surface area contributed by atoms with Gasteiger partial charge in [-0.3, -0.25) is 14.9 Å². The molecule has 0 heterocycles. The second kappa shape index (κ2) is 7.41. The molecule has 6 heteroatoms. The van der Waals surface area contributed by atoms with Gasteiger partial charge < -0.3 is 10.2 Å². The van der Waals surface area contributed by atoms with Crippen molar-refractivity contribution in [1.29, 1.82) is 0 Å². The highest BCUT2D eigenvalue weighted by molar-refractivity contribution is 6.07. The minimum atomic E-state index is -0.453. The Morgan fingerprint density at radius 3 is 2.38 bits per heavy atom. The number of allylic oxidation sites excluding steroid dienone is 1. The van der Waals surface area contributed by atoms with Gasteiger partial charge in [0.05, 0.1) is 4.92 Å². The molecule has 0 saturated heterocycles. The highest BCUT2D eigenvalue weighted by Gasteiger charge is 2.12. The van der Waals surface area contributed by atoms with E-state index in [9.17, 15) is 14.9 Å². The Morgan fingerprint density at radius 2 is 1.83 bits per heavy atom. The molecule has 124 valence electrons. The quantitative estimate of drug-likeness (QED) is 0.380. The van der Waals surface area contributed by atoms with Crippen molar-refractivity contribution in [2.45, 2.75) is 0 Å². The Hall–Kier alpha value is -3.15. The van der Waals surface area contributed by atoms with Crippen LogP contribution in [0.2, 0.25) is 0 Å². The second-order valence-electron chi connectivity index (χ2n) is 5.42. The minimum Gasteiger partial charge on any atom is -0.383 e. The van der Waals surface area contributed by atoms with Crippen LogP contribution in [0.15, 0.2) is 48.5 Å². The van der Waals surface area contributed by atoms with Crippen LogP contribution >= 0.6 is 0 Å². The first-order valence-electron chi connectivity index (χ1n) is 7.38. The number of rotatable bonds is 6. The van der Waals surface area contributed by atoms with Gasteiger partial charge in [0.2, 0.25) is 0 Å². The first kappa shape index (κ1) is 17.2. The van der Waals surface area contributed by atoms with Crippen molar-refractivity contribution in [2.24, 2.45) is 0 Å². The molecule has 2 aromatic carbocycles. The van der Waals surface area contributed by atoms with Crippen LogP contribution in [-0.2, 0) is 0 Å². The lowest BCUT2D eigenvalue weighted by Gasteiger charge is -2.11. The molecule has 0 saturated carbocycles. The number of hydrogen-bond acceptors (Lipinski definition) is 5. The van der Waals surface area contributed by atoms with Crippen molar-refractivity contribution < 1.29 is 9.72 Å². The molecule has 0 aromatic heterocycles. The molecular weight excluding hydrogens is 306 g/mol. The highest BCUT2D eigenvalue weighted by Crippen LogP contribution is 2.25. The normalized spacial score (nSPS) is 10.6. The van der Waals surface area contributed by atoms with E-state index in [0.717, 1.165) is 5.69 Å². The number of carbonyl (C=O) groups is 1. The van der Waals surface area contributed by atoms with Gasteiger partial charge in [-0.15, -0.1) is 0 Å². The number of anilines is 2. The number of ketones is 1. The fourth-order valence-electron chi connectivity index (χ4n) is 2.21. The minimum absolute atomic E-state index is 0.0255. The van der Waals surface area contributed by atoms with Gasteiger partial charge in [0, 0.05) is 38.5 Å². The molecule has 0 aliphatic heterocycles. The molecular formula is C18H19N3O3. The zero-order chi connectivity index (χ0) is 17.7. The van der Waals surface area contributed by atoms with E-state index in [1.807, 2.05) is 31.1 Å². The van der Waals surface area contributed by atoms with Gasteiger partial charge in [0.15, 0.2) is 5.78 Å². The summed E-state index contributed by atoms with van der Waals surface area (Å²) < 4.78 is 0. The largest absolute Gasteiger partial charge is 0.383 e. The number of benzene rings is 2. The van der Waals surface area contributed by atoms with Crippen LogP contribution < -0.4 is 10.2 Å². The van der Waals surface area contributed by atoms with E-state index in [2.05, 4.69) is 5.32 Å². The predicted molar refractivity (Wildman–Crippen MR) is 96.8 cm³/mol. The fourth-order valence-corrected chi connectivity index (χ4v) is 2.21. The Bertz CT molecular complexity index is 781. The average molecular weight is 325 g/mol. The molecule has 1 N–H and O–H groups in total. The van der Waals surface area contributed by atoms with E-state index >= 15 is 0 Å². The summed E-state index contributed by atoms with van der Waals surface area (Å²) in [7, 11) is 5.48. The number of nitro groups is 1. The predicted octanol–water partition coefficient (Wildman–Crippen LogP) is 3.60. The molecule has 2 aromatic rings. The summed E-state index contributed by atoms with van der Waals surface area (Å²) in [6.45, 7) is 0. The van der Waals surface area contributed by atoms with Crippen LogP contribution in [0.4, 0.5) is 17.1 Å². The van der Waals surface area contributed by atoms with Crippen molar-refractivity contribution in [3.05, 3.63) is 69.8 Å². The molecule has 0 atom stereocenters. The number of nitrogens with zero attached hydrogens (tertiary/aromatic N) is 2. The summed E-state index contributed by atoms with van der Waals surface area (Å²) in [4.78, 5) is 24.7. The highest BCUT2D eigenvalue weighted by atomic mass is 16.6. The van der Waals surface area contributed by atoms with Crippen molar-refractivity contribution in [3.8, 4) is 0 Å². The summed E-state index contributed by atoms with van der Waals surface area (Å²) in [5.41, 5.74) is 2.58. The topological polar surface area (TPSA) is 75.5 Å². The molecule has 24 heavy (non-hydrogen) atoms. The zero-order valence-corrected chi connectivity index (χ0v) is 13.8. The van der Waals surface area contributed by atoms with E-state index in [-0.39, 0.29) is 11.5 Å². The molecule has 6 nitrogen and oxygen atoms in total. The van der Waals surface area contributed by atoms with Crippen LogP contribution in [0.3, 0.4) is 0 Å². The first-order chi connectivity index (χ1) is 11.4. The third-order valence-electron chi connectivity index (χ3n) is 3.58. The third-order valence-corrected chi connectivity index (χ3v) is 3.58. The lowest BCUT2D eigenvalue weighted by atomic mass is 10.1. The number of hydrogen-bond donors (Lipinski definition) is 1. The van der Waals surface area contributed by atoms with Crippen molar-refractivity contribution in [1.82, 2.24) is 0 Å². The smallest absolute Gasteiger partial charge is 0.292 e. The SMILES string of the molecule is CNc1ccc(/C=C/C(=O)c2ccc(N(C)C)cc2)cc1[N+](=O)[O-]. The number of carbonyl (C=O) groups excluding carboxylic acids is 1. The summed E-state index contributed by atoms with van der Waals surface area (Å²) >= 11 is 0. The molecule has 0 aliphatic rings. The summed E-state index contributed by atoms with van der Waals surface area (Å²) in [6.07, 6.45) is 3.00. The maximum Gasteiger partial charge on any atom is 0.292 e. The molecule has 0 fully saturated rings. The van der Waals surface area contributed by atoms with Crippen molar-refractivity contribution in [3.63, 3.8) is 0 Å². The summed E-state index contributed by atoms with van der Waals surface area (Å²) in [5, 5.41) is 13.8. The Labute approximate surface area is 140 Å². The Morgan fingerprint density at radius 1 is 1.17 bits per heavy atom. The molecule has 0 radical (unpaired) electrons. The monoisotopic (exact) mass is 325 g/mol. The lowest BCUT2D eigenvalue weighted by molar-refractivity contribution is -0.383. The molecule has 2 rings (SSSR count). The zero-order valence-electron chi connectivity index (χ0n) is 13.8. The van der Waals surface area contributed by atoms with Crippen molar-refractivity contribution in [2.75, 3.05) is 31.4 Å². The average Bonchev–Trinajstić information content (AvgIpc) is 2.59. The first-order valence-corrected chi connectivity index (χ1v) is 7.38. The van der Waals surface area contributed by atoms with Crippen LogP contribution in [0, 0.1) is 10.1 Å². The van der Waals surface area contributed by atoms with Gasteiger partial charge in [-0.05, 0) is 42.0 Å². The van der Waals surface area contributed by atoms with Gasteiger partial charge in [-0.25, -0.2) is 0 Å². The maximum absolute atomic E-state index is 12.2. The summed E-state index contributed by atoms with van der Waals surface area (Å²) in [5.74, 6) is -0.152. The van der Waals surface area contributed by atoms with Crippen LogP contribution in [0.5, 0.6) is 0 Å². The Kier molecular flexibility index (Phi) is 5.31. The van der Waals surface area contributed by atoms with E-state index in [1.54, 1.807) is 37.4 Å². The van der Waals surface area contributed by atoms with Gasteiger partial charge in [-0.2, -0.15) is 0 Å². The fraction of sp³-hybridized carbons (Fsp3) is 0.167. The molecule has 0 bridgehead atoms.